The Hall–Kier alpha value is -0.590. The third-order valence-corrected chi connectivity index (χ3v) is 2.52. The van der Waals surface area contributed by atoms with Crippen LogP contribution in [-0.2, 0) is 9.59 Å². The van der Waals surface area contributed by atoms with Gasteiger partial charge < -0.3 is 5.32 Å². The molecule has 0 radical (unpaired) electrons. The van der Waals surface area contributed by atoms with Gasteiger partial charge >= 0.3 is 12.1 Å². The molecule has 0 aliphatic heterocycles. The van der Waals surface area contributed by atoms with E-state index in [1.807, 2.05) is 0 Å². The minimum absolute atomic E-state index is 0.0505. The van der Waals surface area contributed by atoms with Crippen LogP contribution in [-0.4, -0.2) is 28.7 Å². The standard InChI is InChI=1S/C7H7BrF3NO2/c8-3-4(13)6(1-2-6)12-5(14)7(9,10)11/h1-3H2,(H,12,14). The molecule has 1 saturated carbocycles. The molecule has 1 N–H and O–H groups in total. The van der Waals surface area contributed by atoms with Crippen molar-refractivity contribution in [2.75, 3.05) is 5.33 Å². The van der Waals surface area contributed by atoms with Crippen molar-refractivity contribution in [1.29, 1.82) is 0 Å². The van der Waals surface area contributed by atoms with Crippen LogP contribution in [0.5, 0.6) is 0 Å². The summed E-state index contributed by atoms with van der Waals surface area (Å²) in [6, 6.07) is 0. The highest BCUT2D eigenvalue weighted by Gasteiger charge is 2.53. The summed E-state index contributed by atoms with van der Waals surface area (Å²) in [4.78, 5) is 21.7. The topological polar surface area (TPSA) is 46.2 Å². The first-order chi connectivity index (χ1) is 6.32. The number of carbonyl (C=O) groups excluding carboxylic acids is 2. The predicted octanol–water partition coefficient (Wildman–Crippen LogP) is 1.16. The SMILES string of the molecule is O=C(NC1(C(=O)CBr)CC1)C(F)(F)F. The predicted molar refractivity (Wildman–Crippen MR) is 45.0 cm³/mol. The van der Waals surface area contributed by atoms with Crippen molar-refractivity contribution in [3.05, 3.63) is 0 Å². The molecule has 0 spiro atoms. The zero-order chi connectivity index (χ0) is 11.0. The van der Waals surface area contributed by atoms with E-state index in [1.54, 1.807) is 5.32 Å². The molecule has 1 rings (SSSR count). The Bertz CT molecular complexity index is 273. The van der Waals surface area contributed by atoms with E-state index in [9.17, 15) is 22.8 Å². The van der Waals surface area contributed by atoms with E-state index in [0.29, 0.717) is 0 Å². The summed E-state index contributed by atoms with van der Waals surface area (Å²) < 4.78 is 35.5. The maximum Gasteiger partial charge on any atom is 0.471 e. The van der Waals surface area contributed by atoms with Crippen molar-refractivity contribution in [3.8, 4) is 0 Å². The van der Waals surface area contributed by atoms with E-state index in [0.717, 1.165) is 0 Å². The minimum atomic E-state index is -4.93. The lowest BCUT2D eigenvalue weighted by atomic mass is 10.2. The summed E-state index contributed by atoms with van der Waals surface area (Å²) in [7, 11) is 0. The Morgan fingerprint density at radius 3 is 2.14 bits per heavy atom. The van der Waals surface area contributed by atoms with E-state index in [4.69, 9.17) is 0 Å². The third-order valence-electron chi connectivity index (χ3n) is 2.02. The smallest absolute Gasteiger partial charge is 0.336 e. The van der Waals surface area contributed by atoms with Crippen LogP contribution in [0.2, 0.25) is 0 Å². The average molecular weight is 274 g/mol. The Balaban J connectivity index is 2.61. The lowest BCUT2D eigenvalue weighted by Gasteiger charge is -2.15. The van der Waals surface area contributed by atoms with Crippen molar-refractivity contribution in [2.45, 2.75) is 24.6 Å². The Morgan fingerprint density at radius 2 is 1.86 bits per heavy atom. The lowest BCUT2D eigenvalue weighted by molar-refractivity contribution is -0.175. The molecule has 1 aliphatic carbocycles. The first kappa shape index (κ1) is 11.5. The zero-order valence-electron chi connectivity index (χ0n) is 6.95. The summed E-state index contributed by atoms with van der Waals surface area (Å²) >= 11 is 2.85. The molecule has 0 aromatic carbocycles. The van der Waals surface area contributed by atoms with Crippen molar-refractivity contribution >= 4 is 27.6 Å². The first-order valence-corrected chi connectivity index (χ1v) is 4.92. The summed E-state index contributed by atoms with van der Waals surface area (Å²) in [6.07, 6.45) is -4.37. The number of amides is 1. The Labute approximate surface area is 86.2 Å². The van der Waals surface area contributed by atoms with E-state index in [2.05, 4.69) is 15.9 Å². The molecule has 0 unspecified atom stereocenters. The monoisotopic (exact) mass is 273 g/mol. The van der Waals surface area contributed by atoms with Gasteiger partial charge in [0.05, 0.1) is 10.9 Å². The second-order valence-electron chi connectivity index (χ2n) is 3.09. The van der Waals surface area contributed by atoms with E-state index in [-0.39, 0.29) is 18.2 Å². The molecule has 0 saturated heterocycles. The number of carbonyl (C=O) groups is 2. The fourth-order valence-corrected chi connectivity index (χ4v) is 1.55. The third kappa shape index (κ3) is 2.26. The first-order valence-electron chi connectivity index (χ1n) is 3.80. The number of rotatable bonds is 3. The highest BCUT2D eigenvalue weighted by molar-refractivity contribution is 9.09. The molecule has 80 valence electrons. The molecule has 1 fully saturated rings. The number of halogens is 4. The van der Waals surface area contributed by atoms with Gasteiger partial charge in [-0.05, 0) is 12.8 Å². The fourth-order valence-electron chi connectivity index (χ4n) is 1.01. The van der Waals surface area contributed by atoms with Gasteiger partial charge in [-0.25, -0.2) is 0 Å². The van der Waals surface area contributed by atoms with Crippen molar-refractivity contribution in [1.82, 2.24) is 5.32 Å². The van der Waals surface area contributed by atoms with Crippen molar-refractivity contribution < 1.29 is 22.8 Å². The molecule has 7 heteroatoms. The van der Waals surface area contributed by atoms with E-state index >= 15 is 0 Å². The number of hydrogen-bond donors (Lipinski definition) is 1. The molecule has 0 heterocycles. The average Bonchev–Trinajstić information content (AvgIpc) is 2.82. The highest BCUT2D eigenvalue weighted by Crippen LogP contribution is 2.37. The molecule has 0 bridgehead atoms. The van der Waals surface area contributed by atoms with Gasteiger partial charge in [0.25, 0.3) is 0 Å². The van der Waals surface area contributed by atoms with Crippen LogP contribution in [0.15, 0.2) is 0 Å². The van der Waals surface area contributed by atoms with Crippen LogP contribution in [0.4, 0.5) is 13.2 Å². The number of nitrogens with one attached hydrogen (secondary N) is 1. The summed E-state index contributed by atoms with van der Waals surface area (Å²) in [5, 5.41) is 1.66. The van der Waals surface area contributed by atoms with Gasteiger partial charge in [0, 0.05) is 0 Å². The number of ketones is 1. The van der Waals surface area contributed by atoms with Crippen LogP contribution in [0.1, 0.15) is 12.8 Å². The second kappa shape index (κ2) is 3.52. The van der Waals surface area contributed by atoms with Gasteiger partial charge in [-0.2, -0.15) is 13.2 Å². The minimum Gasteiger partial charge on any atom is -0.336 e. The van der Waals surface area contributed by atoms with Gasteiger partial charge in [-0.1, -0.05) is 15.9 Å². The molecule has 1 amide bonds. The highest BCUT2D eigenvalue weighted by atomic mass is 79.9. The second-order valence-corrected chi connectivity index (χ2v) is 3.65. The number of alkyl halides is 4. The van der Waals surface area contributed by atoms with Gasteiger partial charge in [0.15, 0.2) is 5.78 Å². The Kier molecular flexibility index (Phi) is 2.89. The quantitative estimate of drug-likeness (QED) is 0.785. The van der Waals surface area contributed by atoms with Gasteiger partial charge in [0.2, 0.25) is 0 Å². The molecule has 0 aromatic heterocycles. The summed E-state index contributed by atoms with van der Waals surface area (Å²) in [5.41, 5.74) is -1.27. The van der Waals surface area contributed by atoms with Gasteiger partial charge in [0.1, 0.15) is 0 Å². The van der Waals surface area contributed by atoms with Gasteiger partial charge in [-0.3, -0.25) is 9.59 Å². The Morgan fingerprint density at radius 1 is 1.36 bits per heavy atom. The molecule has 3 nitrogen and oxygen atoms in total. The van der Waals surface area contributed by atoms with Crippen LogP contribution < -0.4 is 5.32 Å². The number of Topliss-reactive ketones (excluding diaryl/α,β-unsaturated/α-hetero) is 1. The molecular formula is C7H7BrF3NO2. The maximum absolute atomic E-state index is 11.8. The normalized spacial score (nSPS) is 18.9. The maximum atomic E-state index is 11.8. The molecule has 1 aliphatic rings. The van der Waals surface area contributed by atoms with Crippen molar-refractivity contribution in [3.63, 3.8) is 0 Å². The molecule has 0 aromatic rings. The van der Waals surface area contributed by atoms with E-state index in [1.165, 1.54) is 0 Å². The van der Waals surface area contributed by atoms with Crippen molar-refractivity contribution in [2.24, 2.45) is 0 Å². The van der Waals surface area contributed by atoms with Crippen LogP contribution in [0, 0.1) is 0 Å². The summed E-state index contributed by atoms with van der Waals surface area (Å²) in [5.74, 6) is -2.47. The number of hydrogen-bond acceptors (Lipinski definition) is 2. The fraction of sp³-hybridized carbons (Fsp3) is 0.714. The molecule has 0 atom stereocenters. The van der Waals surface area contributed by atoms with E-state index < -0.39 is 23.4 Å². The molecular weight excluding hydrogens is 267 g/mol. The zero-order valence-corrected chi connectivity index (χ0v) is 8.54. The largest absolute Gasteiger partial charge is 0.471 e. The van der Waals surface area contributed by atoms with Crippen LogP contribution >= 0.6 is 15.9 Å². The van der Waals surface area contributed by atoms with Gasteiger partial charge in [-0.15, -0.1) is 0 Å². The summed E-state index contributed by atoms with van der Waals surface area (Å²) in [6.45, 7) is 0. The van der Waals surface area contributed by atoms with Crippen LogP contribution in [0.25, 0.3) is 0 Å². The lowest BCUT2D eigenvalue weighted by Crippen LogP contribution is -2.49. The van der Waals surface area contributed by atoms with Crippen LogP contribution in [0.3, 0.4) is 0 Å². The molecule has 14 heavy (non-hydrogen) atoms.